The second kappa shape index (κ2) is 11.8. The number of nitrogens with one attached hydrogen (secondary N) is 2. The molecule has 1 aromatic heterocycles. The Morgan fingerprint density at radius 2 is 1.45 bits per heavy atom. The molecule has 0 unspecified atom stereocenters. The lowest BCUT2D eigenvalue weighted by Gasteiger charge is -2.42. The predicted octanol–water partition coefficient (Wildman–Crippen LogP) is 5.93. The van der Waals surface area contributed by atoms with E-state index in [1.807, 2.05) is 0 Å². The number of aromatic nitrogens is 2. The highest BCUT2D eigenvalue weighted by atomic mass is 16.5. The van der Waals surface area contributed by atoms with Crippen molar-refractivity contribution < 1.29 is 14.4 Å². The molecule has 8 nitrogen and oxygen atoms in total. The van der Waals surface area contributed by atoms with E-state index in [2.05, 4.69) is 75.3 Å². The molecular formula is C39H49N5O3. The molecule has 5 saturated carbocycles. The number of rotatable bonds is 14. The SMILES string of the molecule is O=C(O)C1CCC(c2nc(C3(CN[C@H]4C[C@@H]4c4ccc(C5CN(CC6(CN[C@H]7C[C@@H]7c7ccccc7)CC6)C5)cc4)CC3)no2)CC1. The average Bonchev–Trinajstić information content (AvgIpc) is 3.92. The molecule has 2 heterocycles. The summed E-state index contributed by atoms with van der Waals surface area (Å²) in [5.74, 6) is 2.85. The molecule has 5 aliphatic carbocycles. The molecule has 0 amide bonds. The van der Waals surface area contributed by atoms with Crippen LogP contribution < -0.4 is 10.6 Å². The lowest BCUT2D eigenvalue weighted by Crippen LogP contribution is -2.49. The summed E-state index contributed by atoms with van der Waals surface area (Å²) in [5.41, 5.74) is 4.98. The molecular weight excluding hydrogens is 586 g/mol. The van der Waals surface area contributed by atoms with Gasteiger partial charge in [0.05, 0.1) is 5.92 Å². The minimum Gasteiger partial charge on any atom is -0.481 e. The lowest BCUT2D eigenvalue weighted by atomic mass is 9.82. The molecule has 6 aliphatic rings. The third kappa shape index (κ3) is 6.29. The summed E-state index contributed by atoms with van der Waals surface area (Å²) in [5, 5.41) is 21.5. The Morgan fingerprint density at radius 1 is 0.809 bits per heavy atom. The van der Waals surface area contributed by atoms with Gasteiger partial charge in [-0.1, -0.05) is 59.8 Å². The molecule has 3 N–H and O–H groups in total. The third-order valence-electron chi connectivity index (χ3n) is 12.8. The van der Waals surface area contributed by atoms with Crippen LogP contribution in [0.4, 0.5) is 0 Å². The van der Waals surface area contributed by atoms with Gasteiger partial charge in [0.1, 0.15) is 0 Å². The highest BCUT2D eigenvalue weighted by Gasteiger charge is 2.51. The van der Waals surface area contributed by atoms with Crippen LogP contribution in [0, 0.1) is 11.3 Å². The number of likely N-dealkylation sites (tertiary alicyclic amines) is 1. The van der Waals surface area contributed by atoms with Gasteiger partial charge in [-0.15, -0.1) is 0 Å². The van der Waals surface area contributed by atoms with E-state index in [4.69, 9.17) is 9.51 Å². The van der Waals surface area contributed by atoms with Gasteiger partial charge in [0.25, 0.3) is 0 Å². The Kier molecular flexibility index (Phi) is 7.55. The maximum Gasteiger partial charge on any atom is 0.306 e. The van der Waals surface area contributed by atoms with Crippen molar-refractivity contribution in [3.63, 3.8) is 0 Å². The predicted molar refractivity (Wildman–Crippen MR) is 180 cm³/mol. The van der Waals surface area contributed by atoms with Gasteiger partial charge in [-0.05, 0) is 86.3 Å². The van der Waals surface area contributed by atoms with Crippen LogP contribution in [0.25, 0.3) is 0 Å². The number of carboxylic acid groups (broad SMARTS) is 1. The number of hydrogen-bond acceptors (Lipinski definition) is 7. The van der Waals surface area contributed by atoms with Gasteiger partial charge in [-0.25, -0.2) is 0 Å². The number of carboxylic acids is 1. The fraction of sp³-hybridized carbons (Fsp3) is 0.615. The largest absolute Gasteiger partial charge is 0.481 e. The summed E-state index contributed by atoms with van der Waals surface area (Å²) in [6.07, 6.45) is 10.5. The van der Waals surface area contributed by atoms with Gasteiger partial charge < -0.3 is 25.2 Å². The number of carbonyl (C=O) groups is 1. The highest BCUT2D eigenvalue weighted by molar-refractivity contribution is 5.70. The van der Waals surface area contributed by atoms with Crippen molar-refractivity contribution in [2.45, 2.75) is 105 Å². The first-order valence-electron chi connectivity index (χ1n) is 18.4. The quantitative estimate of drug-likeness (QED) is 0.200. The van der Waals surface area contributed by atoms with Gasteiger partial charge in [0, 0.05) is 73.9 Å². The monoisotopic (exact) mass is 635 g/mol. The van der Waals surface area contributed by atoms with Crippen molar-refractivity contribution in [3.8, 4) is 0 Å². The van der Waals surface area contributed by atoms with Gasteiger partial charge in [0.2, 0.25) is 5.89 Å². The van der Waals surface area contributed by atoms with E-state index < -0.39 is 5.97 Å². The summed E-state index contributed by atoms with van der Waals surface area (Å²) >= 11 is 0. The van der Waals surface area contributed by atoms with Gasteiger partial charge in [-0.3, -0.25) is 4.79 Å². The second-order valence-corrected chi connectivity index (χ2v) is 16.3. The van der Waals surface area contributed by atoms with E-state index in [1.165, 1.54) is 68.6 Å². The fourth-order valence-corrected chi connectivity index (χ4v) is 8.75. The number of aliphatic carboxylic acids is 1. The number of nitrogens with zero attached hydrogens (tertiary/aromatic N) is 3. The minimum atomic E-state index is -0.677. The summed E-state index contributed by atoms with van der Waals surface area (Å²) in [6.45, 7) is 5.75. The first kappa shape index (κ1) is 30.0. The van der Waals surface area contributed by atoms with Crippen molar-refractivity contribution in [2.75, 3.05) is 32.7 Å². The zero-order valence-corrected chi connectivity index (χ0v) is 27.4. The minimum absolute atomic E-state index is 0.00467. The second-order valence-electron chi connectivity index (χ2n) is 16.3. The van der Waals surface area contributed by atoms with Crippen molar-refractivity contribution in [1.29, 1.82) is 0 Å². The van der Waals surface area contributed by atoms with E-state index >= 15 is 0 Å². The smallest absolute Gasteiger partial charge is 0.306 e. The molecule has 248 valence electrons. The molecule has 4 atom stereocenters. The molecule has 0 spiro atoms. The van der Waals surface area contributed by atoms with E-state index in [0.717, 1.165) is 44.0 Å². The van der Waals surface area contributed by atoms with Gasteiger partial charge >= 0.3 is 5.97 Å². The molecule has 47 heavy (non-hydrogen) atoms. The third-order valence-corrected chi connectivity index (χ3v) is 12.8. The zero-order valence-electron chi connectivity index (χ0n) is 27.4. The van der Waals surface area contributed by atoms with E-state index in [1.54, 1.807) is 0 Å². The molecule has 9 rings (SSSR count). The Morgan fingerprint density at radius 3 is 2.09 bits per heavy atom. The standard InChI is InChI=1S/C39H49N5O3/c45-36(46)29-12-10-28(11-13-29)35-42-37(43-47-35)39(16-17-39)23-41-34-19-32(34)27-8-6-25(7-9-27)30-20-44(21-30)24-38(14-15-38)22-40-33-18-31(33)26-4-2-1-3-5-26/h1-9,28-34,40-41H,10-24H2,(H,45,46)/t28?,29?,31-,32-,33+,34+/m1/s1. The van der Waals surface area contributed by atoms with Gasteiger partial charge in [0.15, 0.2) is 5.82 Å². The Bertz CT molecular complexity index is 1570. The normalized spacial score (nSPS) is 32.0. The zero-order chi connectivity index (χ0) is 31.6. The van der Waals surface area contributed by atoms with Crippen LogP contribution in [0.3, 0.4) is 0 Å². The van der Waals surface area contributed by atoms with Crippen molar-refractivity contribution in [3.05, 3.63) is 83.0 Å². The summed E-state index contributed by atoms with van der Waals surface area (Å²) in [4.78, 5) is 18.8. The maximum atomic E-state index is 11.3. The molecule has 0 radical (unpaired) electrons. The molecule has 1 aliphatic heterocycles. The van der Waals surface area contributed by atoms with Crippen LogP contribution in [-0.4, -0.2) is 70.9 Å². The lowest BCUT2D eigenvalue weighted by molar-refractivity contribution is -0.142. The molecule has 6 fully saturated rings. The highest BCUT2D eigenvalue weighted by Crippen LogP contribution is 2.50. The molecule has 1 saturated heterocycles. The fourth-order valence-electron chi connectivity index (χ4n) is 8.75. The van der Waals surface area contributed by atoms with Crippen molar-refractivity contribution in [1.82, 2.24) is 25.7 Å². The van der Waals surface area contributed by atoms with Crippen LogP contribution in [0.5, 0.6) is 0 Å². The topological polar surface area (TPSA) is 104 Å². The Balaban J connectivity index is 0.703. The summed E-state index contributed by atoms with van der Waals surface area (Å²) < 4.78 is 5.71. The molecule has 3 aromatic rings. The van der Waals surface area contributed by atoms with Crippen LogP contribution >= 0.6 is 0 Å². The van der Waals surface area contributed by atoms with E-state index in [-0.39, 0.29) is 17.3 Å². The molecule has 0 bridgehead atoms. The van der Waals surface area contributed by atoms with Crippen LogP contribution in [0.1, 0.15) is 116 Å². The molecule has 8 heteroatoms. The number of benzene rings is 2. The van der Waals surface area contributed by atoms with Gasteiger partial charge in [-0.2, -0.15) is 4.98 Å². The maximum absolute atomic E-state index is 11.3. The van der Waals surface area contributed by atoms with Crippen LogP contribution in [-0.2, 0) is 10.2 Å². The first-order chi connectivity index (χ1) is 23.0. The average molecular weight is 636 g/mol. The summed E-state index contributed by atoms with van der Waals surface area (Å²) in [7, 11) is 0. The van der Waals surface area contributed by atoms with Crippen LogP contribution in [0.2, 0.25) is 0 Å². The van der Waals surface area contributed by atoms with Crippen LogP contribution in [0.15, 0.2) is 59.1 Å². The molecule has 2 aromatic carbocycles. The van der Waals surface area contributed by atoms with E-state index in [0.29, 0.717) is 48.1 Å². The van der Waals surface area contributed by atoms with Crippen molar-refractivity contribution >= 4 is 5.97 Å². The van der Waals surface area contributed by atoms with E-state index in [9.17, 15) is 9.90 Å². The first-order valence-corrected chi connectivity index (χ1v) is 18.4. The number of hydrogen-bond donors (Lipinski definition) is 3. The Hall–Kier alpha value is -3.07. The van der Waals surface area contributed by atoms with Crippen molar-refractivity contribution in [2.24, 2.45) is 11.3 Å². The summed E-state index contributed by atoms with van der Waals surface area (Å²) in [6, 6.07) is 21.8. The Labute approximate surface area is 278 Å².